The molecule has 0 saturated carbocycles. The summed E-state index contributed by atoms with van der Waals surface area (Å²) < 4.78 is 17.5. The summed E-state index contributed by atoms with van der Waals surface area (Å²) in [5.41, 5.74) is 3.00. The highest BCUT2D eigenvalue weighted by Gasteiger charge is 2.22. The van der Waals surface area contributed by atoms with Gasteiger partial charge in [-0.1, -0.05) is 59.8 Å². The molecule has 0 aliphatic heterocycles. The monoisotopic (exact) mass is 677 g/mol. The van der Waals surface area contributed by atoms with E-state index in [1.54, 1.807) is 30.3 Å². The predicted molar refractivity (Wildman–Crippen MR) is 175 cm³/mol. The highest BCUT2D eigenvalue weighted by Crippen LogP contribution is 2.32. The van der Waals surface area contributed by atoms with Crippen LogP contribution in [0.2, 0.25) is 0 Å². The Morgan fingerprint density at radius 2 is 1.51 bits per heavy atom. The molecule has 4 rings (SSSR count). The molecule has 0 aliphatic rings. The number of aliphatic hydroxyl groups excluding tert-OH is 1. The van der Waals surface area contributed by atoms with Gasteiger partial charge in [0.2, 0.25) is 0 Å². The molecule has 3 aromatic carbocycles. The number of carbonyl (C=O) groups is 4. The van der Waals surface area contributed by atoms with Crippen LogP contribution in [0.5, 0.6) is 0 Å². The fraction of sp³-hybridized carbons (Fsp3) is 0.314. The van der Waals surface area contributed by atoms with Crippen LogP contribution in [0.15, 0.2) is 79.4 Å². The first-order valence-corrected chi connectivity index (χ1v) is 15.7. The summed E-state index contributed by atoms with van der Waals surface area (Å²) >= 11 is 3.72. The van der Waals surface area contributed by atoms with Crippen molar-refractivity contribution in [3.8, 4) is 0 Å². The lowest BCUT2D eigenvalue weighted by molar-refractivity contribution is -0.142. The van der Waals surface area contributed by atoms with Crippen molar-refractivity contribution in [1.29, 1.82) is 0 Å². The molecule has 0 fully saturated rings. The fourth-order valence-electron chi connectivity index (χ4n) is 4.83. The number of unbranched alkanes of at least 4 members (excludes halogenated alkanes) is 1. The molecule has 0 bridgehead atoms. The van der Waals surface area contributed by atoms with Gasteiger partial charge < -0.3 is 23.9 Å². The summed E-state index contributed by atoms with van der Waals surface area (Å²) in [5, 5.41) is 11.7. The van der Waals surface area contributed by atoms with E-state index in [0.29, 0.717) is 37.1 Å². The molecule has 1 heterocycles. The molecule has 2 unspecified atom stereocenters. The van der Waals surface area contributed by atoms with Crippen LogP contribution in [-0.2, 0) is 30.3 Å². The van der Waals surface area contributed by atoms with Crippen LogP contribution in [0.25, 0.3) is 21.8 Å². The van der Waals surface area contributed by atoms with Gasteiger partial charge in [-0.05, 0) is 55.7 Å². The Kier molecular flexibility index (Phi) is 12.2. The second kappa shape index (κ2) is 16.3. The van der Waals surface area contributed by atoms with Crippen molar-refractivity contribution in [3.05, 3.63) is 96.1 Å². The molecule has 0 saturated heterocycles. The lowest BCUT2D eigenvalue weighted by Crippen LogP contribution is -2.27. The highest BCUT2D eigenvalue weighted by molar-refractivity contribution is 9.09. The molecule has 2 atom stereocenters. The third kappa shape index (κ3) is 8.75. The number of aromatic nitrogens is 1. The maximum Gasteiger partial charge on any atom is 0.379 e. The molecule has 0 aliphatic carbocycles. The van der Waals surface area contributed by atoms with Crippen LogP contribution in [-0.4, -0.2) is 70.5 Å². The number of aliphatic hydroxyl groups is 1. The Morgan fingerprint density at radius 1 is 0.867 bits per heavy atom. The van der Waals surface area contributed by atoms with Gasteiger partial charge in [0.1, 0.15) is 12.7 Å². The van der Waals surface area contributed by atoms with E-state index in [2.05, 4.69) is 34.0 Å². The van der Waals surface area contributed by atoms with Gasteiger partial charge in [0.25, 0.3) is 5.78 Å². The van der Waals surface area contributed by atoms with Crippen molar-refractivity contribution in [2.24, 2.45) is 0 Å². The quantitative estimate of drug-likeness (QED) is 0.0371. The maximum atomic E-state index is 13.2. The van der Waals surface area contributed by atoms with Crippen molar-refractivity contribution in [1.82, 2.24) is 4.57 Å². The summed E-state index contributed by atoms with van der Waals surface area (Å²) in [7, 11) is 0. The predicted octanol–water partition coefficient (Wildman–Crippen LogP) is 5.81. The van der Waals surface area contributed by atoms with Crippen LogP contribution in [0.3, 0.4) is 0 Å². The molecule has 9 nitrogen and oxygen atoms in total. The first-order valence-electron chi connectivity index (χ1n) is 14.8. The van der Waals surface area contributed by atoms with Crippen molar-refractivity contribution in [2.75, 3.05) is 26.4 Å². The van der Waals surface area contributed by atoms with Gasteiger partial charge in [-0.3, -0.25) is 9.59 Å². The summed E-state index contributed by atoms with van der Waals surface area (Å²) in [6, 6.07) is 19.6. The van der Waals surface area contributed by atoms with E-state index < -0.39 is 30.4 Å². The first-order chi connectivity index (χ1) is 21.7. The summed E-state index contributed by atoms with van der Waals surface area (Å²) in [6.07, 6.45) is 2.07. The third-order valence-electron chi connectivity index (χ3n) is 7.25. The molecule has 45 heavy (non-hydrogen) atoms. The zero-order valence-corrected chi connectivity index (χ0v) is 26.7. The molecular weight excluding hydrogens is 642 g/mol. The molecule has 4 aromatic rings. The van der Waals surface area contributed by atoms with Crippen LogP contribution in [0, 0.1) is 0 Å². The number of benzene rings is 3. The van der Waals surface area contributed by atoms with E-state index in [1.807, 2.05) is 36.4 Å². The van der Waals surface area contributed by atoms with Gasteiger partial charge in [0.05, 0.1) is 13.2 Å². The number of hydrogen-bond donors (Lipinski definition) is 1. The Hall–Kier alpha value is -4.12. The second-order valence-corrected chi connectivity index (χ2v) is 11.8. The molecule has 1 aromatic heterocycles. The SMILES string of the molecule is C=CC(=O)OCCCCOCC(O)COC(=O)C(=O)c1ccc2c(c1)c1cc(C(=O)c3ccccc3)ccc1n2CC(Br)CC. The van der Waals surface area contributed by atoms with Gasteiger partial charge >= 0.3 is 11.9 Å². The summed E-state index contributed by atoms with van der Waals surface area (Å²) in [4.78, 5) is 50.1. The number of alkyl halides is 1. The lowest BCUT2D eigenvalue weighted by atomic mass is 10.0. The van der Waals surface area contributed by atoms with E-state index >= 15 is 0 Å². The largest absolute Gasteiger partial charge is 0.463 e. The number of nitrogens with zero attached hydrogens (tertiary/aromatic N) is 1. The second-order valence-electron chi connectivity index (χ2n) is 10.5. The minimum atomic E-state index is -1.11. The molecular formula is C35H36BrNO8. The number of ketones is 2. The number of Topliss-reactive ketones (excluding diaryl/α,β-unsaturated/α-hetero) is 1. The van der Waals surface area contributed by atoms with E-state index in [0.717, 1.165) is 34.3 Å². The van der Waals surface area contributed by atoms with E-state index in [1.165, 1.54) is 0 Å². The minimum Gasteiger partial charge on any atom is -0.463 e. The van der Waals surface area contributed by atoms with Gasteiger partial charge in [0.15, 0.2) is 5.78 Å². The number of fused-ring (bicyclic) bond motifs is 3. The number of halogens is 1. The topological polar surface area (TPSA) is 121 Å². The lowest BCUT2D eigenvalue weighted by Gasteiger charge is -2.12. The minimum absolute atomic E-state index is 0.0876. The number of esters is 2. The molecule has 10 heteroatoms. The van der Waals surface area contributed by atoms with Crippen LogP contribution in [0.1, 0.15) is 52.5 Å². The number of hydrogen-bond acceptors (Lipinski definition) is 8. The highest BCUT2D eigenvalue weighted by atomic mass is 79.9. The third-order valence-corrected chi connectivity index (χ3v) is 8.18. The van der Waals surface area contributed by atoms with E-state index in [4.69, 9.17) is 14.2 Å². The van der Waals surface area contributed by atoms with Gasteiger partial charge in [-0.25, -0.2) is 9.59 Å². The molecule has 0 amide bonds. The van der Waals surface area contributed by atoms with Gasteiger partial charge in [-0.15, -0.1) is 0 Å². The van der Waals surface area contributed by atoms with E-state index in [9.17, 15) is 24.3 Å². The molecule has 0 spiro atoms. The van der Waals surface area contributed by atoms with Crippen molar-refractivity contribution in [3.63, 3.8) is 0 Å². The molecule has 236 valence electrons. The van der Waals surface area contributed by atoms with Crippen LogP contribution >= 0.6 is 15.9 Å². The van der Waals surface area contributed by atoms with Crippen molar-refractivity contribution in [2.45, 2.75) is 43.7 Å². The van der Waals surface area contributed by atoms with Gasteiger partial charge in [0, 0.05) is 62.6 Å². The molecule has 1 N–H and O–H groups in total. The zero-order chi connectivity index (χ0) is 32.3. The average Bonchev–Trinajstić information content (AvgIpc) is 3.37. The first kappa shape index (κ1) is 33.8. The Morgan fingerprint density at radius 3 is 2.18 bits per heavy atom. The smallest absolute Gasteiger partial charge is 0.379 e. The van der Waals surface area contributed by atoms with Crippen LogP contribution in [0.4, 0.5) is 0 Å². The average molecular weight is 679 g/mol. The number of ether oxygens (including phenoxy) is 3. The Labute approximate surface area is 269 Å². The van der Waals surface area contributed by atoms with Crippen LogP contribution < -0.4 is 0 Å². The van der Waals surface area contributed by atoms with Crippen molar-refractivity contribution < 1.29 is 38.5 Å². The Bertz CT molecular complexity index is 1680. The maximum absolute atomic E-state index is 13.2. The van der Waals surface area contributed by atoms with Gasteiger partial charge in [-0.2, -0.15) is 0 Å². The Balaban J connectivity index is 1.45. The zero-order valence-electron chi connectivity index (χ0n) is 25.1. The number of rotatable bonds is 17. The summed E-state index contributed by atoms with van der Waals surface area (Å²) in [5.74, 6) is -2.53. The number of carbonyl (C=O) groups excluding carboxylic acids is 4. The van der Waals surface area contributed by atoms with E-state index in [-0.39, 0.29) is 29.4 Å². The normalized spacial score (nSPS) is 12.5. The van der Waals surface area contributed by atoms with Crippen molar-refractivity contribution >= 4 is 61.2 Å². The standard InChI is InChI=1S/C35H36BrNO8/c1-3-26(36)20-37-30-14-12-24(33(40)23-10-6-5-7-11-23)18-28(30)29-19-25(13-15-31(29)37)34(41)35(42)45-22-27(38)21-43-16-8-9-17-44-32(39)4-2/h4-7,10-15,18-19,26-27,38H,2-3,8-9,16-17,20-22H2,1H3. The summed E-state index contributed by atoms with van der Waals surface area (Å²) in [6.45, 7) is 6.14. The molecule has 0 radical (unpaired) electrons. The fourth-order valence-corrected chi connectivity index (χ4v) is 5.12.